The van der Waals surface area contributed by atoms with Crippen LogP contribution in [-0.4, -0.2) is 7.05 Å². The van der Waals surface area contributed by atoms with Crippen LogP contribution in [-0.2, 0) is 6.18 Å². The number of hydrogen-bond acceptors (Lipinski definition) is 2. The largest absolute Gasteiger partial charge is 0.463 e. The van der Waals surface area contributed by atoms with Crippen LogP contribution in [0.4, 0.5) is 13.2 Å². The van der Waals surface area contributed by atoms with Gasteiger partial charge in [0.05, 0.1) is 11.8 Å². The Morgan fingerprint density at radius 1 is 1.29 bits per heavy atom. The van der Waals surface area contributed by atoms with Gasteiger partial charge in [0.25, 0.3) is 0 Å². The van der Waals surface area contributed by atoms with Crippen molar-refractivity contribution in [1.29, 1.82) is 0 Å². The van der Waals surface area contributed by atoms with E-state index in [1.54, 1.807) is 13.1 Å². The smallest absolute Gasteiger partial charge is 0.420 e. The molecule has 0 amide bonds. The Kier molecular flexibility index (Phi) is 2.87. The average Bonchev–Trinajstić information content (AvgIpc) is 2.69. The molecule has 0 saturated heterocycles. The summed E-state index contributed by atoms with van der Waals surface area (Å²) in [6, 6.07) is 4.00. The third-order valence-corrected chi connectivity index (χ3v) is 2.83. The fourth-order valence-electron chi connectivity index (χ4n) is 1.79. The molecule has 0 saturated carbocycles. The summed E-state index contributed by atoms with van der Waals surface area (Å²) in [5, 5.41) is 3.48. The fraction of sp³-hybridized carbons (Fsp3) is 0.333. The number of para-hydroxylation sites is 1. The van der Waals surface area contributed by atoms with E-state index in [9.17, 15) is 13.2 Å². The molecule has 1 aromatic heterocycles. The van der Waals surface area contributed by atoms with E-state index in [0.717, 1.165) is 11.6 Å². The number of benzene rings is 1. The number of furan rings is 1. The van der Waals surface area contributed by atoms with E-state index >= 15 is 0 Å². The van der Waals surface area contributed by atoms with Crippen LogP contribution in [0.5, 0.6) is 0 Å². The normalized spacial score (nSPS) is 14.2. The lowest BCUT2D eigenvalue weighted by atomic mass is 10.0. The topological polar surface area (TPSA) is 25.2 Å². The van der Waals surface area contributed by atoms with E-state index in [4.69, 9.17) is 4.42 Å². The van der Waals surface area contributed by atoms with Crippen molar-refractivity contribution >= 4 is 11.0 Å². The molecule has 0 aliphatic carbocycles. The van der Waals surface area contributed by atoms with Crippen molar-refractivity contribution in [2.45, 2.75) is 19.1 Å². The van der Waals surface area contributed by atoms with Crippen molar-refractivity contribution < 1.29 is 17.6 Å². The highest BCUT2D eigenvalue weighted by Gasteiger charge is 2.34. The molecular formula is C12H12F3NO. The van der Waals surface area contributed by atoms with Gasteiger partial charge in [-0.3, -0.25) is 0 Å². The molecule has 5 heteroatoms. The van der Waals surface area contributed by atoms with E-state index < -0.39 is 11.7 Å². The molecular weight excluding hydrogens is 231 g/mol. The van der Waals surface area contributed by atoms with E-state index in [2.05, 4.69) is 5.32 Å². The summed E-state index contributed by atoms with van der Waals surface area (Å²) in [4.78, 5) is 0. The standard InChI is InChI=1S/C12H12F3NO/c1-7(16-2)9-6-17-11-8(9)4-3-5-10(11)12(13,14)15/h3-7,16H,1-2H3. The Balaban J connectivity index is 2.65. The summed E-state index contributed by atoms with van der Waals surface area (Å²) in [6.07, 6.45) is -3.02. The first-order chi connectivity index (χ1) is 7.95. The van der Waals surface area contributed by atoms with E-state index in [0.29, 0.717) is 5.39 Å². The minimum atomic E-state index is -4.39. The third kappa shape index (κ3) is 2.02. The maximum atomic E-state index is 12.7. The number of rotatable bonds is 2. The van der Waals surface area contributed by atoms with Gasteiger partial charge in [-0.2, -0.15) is 13.2 Å². The molecule has 1 atom stereocenters. The Morgan fingerprint density at radius 3 is 2.59 bits per heavy atom. The van der Waals surface area contributed by atoms with E-state index in [1.165, 1.54) is 12.3 Å². The first-order valence-corrected chi connectivity index (χ1v) is 5.19. The molecule has 17 heavy (non-hydrogen) atoms. The van der Waals surface area contributed by atoms with Crippen LogP contribution in [0.1, 0.15) is 24.1 Å². The van der Waals surface area contributed by atoms with Gasteiger partial charge in [-0.05, 0) is 20.0 Å². The SMILES string of the molecule is CNC(C)c1coc2c(C(F)(F)F)cccc12. The van der Waals surface area contributed by atoms with Crippen LogP contribution in [0.15, 0.2) is 28.9 Å². The second-order valence-electron chi connectivity index (χ2n) is 3.88. The summed E-state index contributed by atoms with van der Waals surface area (Å²) in [7, 11) is 1.75. The molecule has 0 aliphatic rings. The molecule has 2 rings (SSSR count). The lowest BCUT2D eigenvalue weighted by Gasteiger charge is -2.09. The fourth-order valence-corrected chi connectivity index (χ4v) is 1.79. The van der Waals surface area contributed by atoms with Crippen molar-refractivity contribution in [3.63, 3.8) is 0 Å². The maximum absolute atomic E-state index is 12.7. The number of halogens is 3. The molecule has 1 N–H and O–H groups in total. The van der Waals surface area contributed by atoms with Crippen LogP contribution in [0.25, 0.3) is 11.0 Å². The summed E-state index contributed by atoms with van der Waals surface area (Å²) in [6.45, 7) is 1.87. The van der Waals surface area contributed by atoms with Crippen LogP contribution in [0, 0.1) is 0 Å². The van der Waals surface area contributed by atoms with Crippen LogP contribution >= 0.6 is 0 Å². The maximum Gasteiger partial charge on any atom is 0.420 e. The van der Waals surface area contributed by atoms with Gasteiger partial charge in [-0.15, -0.1) is 0 Å². The van der Waals surface area contributed by atoms with Crippen LogP contribution < -0.4 is 5.32 Å². The van der Waals surface area contributed by atoms with Gasteiger partial charge in [0.1, 0.15) is 5.58 Å². The summed E-state index contributed by atoms with van der Waals surface area (Å²) in [5.74, 6) is 0. The Labute approximate surface area is 96.4 Å². The highest BCUT2D eigenvalue weighted by Crippen LogP contribution is 2.37. The van der Waals surface area contributed by atoms with Gasteiger partial charge in [0.2, 0.25) is 0 Å². The molecule has 0 aliphatic heterocycles. The zero-order valence-electron chi connectivity index (χ0n) is 9.43. The lowest BCUT2D eigenvalue weighted by Crippen LogP contribution is -2.11. The molecule has 0 bridgehead atoms. The molecule has 2 aromatic rings. The number of alkyl halides is 3. The van der Waals surface area contributed by atoms with Crippen molar-refractivity contribution in [2.24, 2.45) is 0 Å². The van der Waals surface area contributed by atoms with Gasteiger partial charge in [-0.1, -0.05) is 12.1 Å². The molecule has 0 radical (unpaired) electrons. The van der Waals surface area contributed by atoms with Crippen molar-refractivity contribution in [2.75, 3.05) is 7.05 Å². The molecule has 1 heterocycles. The van der Waals surface area contributed by atoms with Crippen molar-refractivity contribution in [3.8, 4) is 0 Å². The molecule has 1 aromatic carbocycles. The molecule has 2 nitrogen and oxygen atoms in total. The molecule has 0 spiro atoms. The van der Waals surface area contributed by atoms with Crippen LogP contribution in [0.3, 0.4) is 0 Å². The number of nitrogens with one attached hydrogen (secondary N) is 1. The molecule has 92 valence electrons. The highest BCUT2D eigenvalue weighted by atomic mass is 19.4. The molecule has 0 fully saturated rings. The average molecular weight is 243 g/mol. The van der Waals surface area contributed by atoms with Gasteiger partial charge in [-0.25, -0.2) is 0 Å². The first-order valence-electron chi connectivity index (χ1n) is 5.19. The van der Waals surface area contributed by atoms with Crippen LogP contribution in [0.2, 0.25) is 0 Å². The van der Waals surface area contributed by atoms with Gasteiger partial charge >= 0.3 is 6.18 Å². The summed E-state index contributed by atoms with van der Waals surface area (Å²) < 4.78 is 43.3. The van der Waals surface area contributed by atoms with E-state index in [1.807, 2.05) is 6.92 Å². The zero-order valence-corrected chi connectivity index (χ0v) is 9.43. The van der Waals surface area contributed by atoms with Gasteiger partial charge in [0, 0.05) is 17.0 Å². The lowest BCUT2D eigenvalue weighted by molar-refractivity contribution is -0.136. The monoisotopic (exact) mass is 243 g/mol. The molecule has 1 unspecified atom stereocenters. The highest BCUT2D eigenvalue weighted by molar-refractivity contribution is 5.84. The Bertz CT molecular complexity index is 530. The minimum Gasteiger partial charge on any atom is -0.463 e. The van der Waals surface area contributed by atoms with Gasteiger partial charge < -0.3 is 9.73 Å². The zero-order chi connectivity index (χ0) is 12.6. The van der Waals surface area contributed by atoms with Crippen molar-refractivity contribution in [1.82, 2.24) is 5.32 Å². The van der Waals surface area contributed by atoms with E-state index in [-0.39, 0.29) is 11.6 Å². The summed E-state index contributed by atoms with van der Waals surface area (Å²) >= 11 is 0. The first kappa shape index (κ1) is 12.0. The number of hydrogen-bond donors (Lipinski definition) is 1. The van der Waals surface area contributed by atoms with Crippen molar-refractivity contribution in [3.05, 3.63) is 35.6 Å². The summed E-state index contributed by atoms with van der Waals surface area (Å²) in [5.41, 5.74) is -0.102. The Morgan fingerprint density at radius 2 is 2.00 bits per heavy atom. The number of fused-ring (bicyclic) bond motifs is 1. The second-order valence-corrected chi connectivity index (χ2v) is 3.88. The third-order valence-electron chi connectivity index (χ3n) is 2.83. The second kappa shape index (κ2) is 4.07. The predicted molar refractivity (Wildman–Crippen MR) is 58.7 cm³/mol. The minimum absolute atomic E-state index is 0.0558. The Hall–Kier alpha value is -1.49. The quantitative estimate of drug-likeness (QED) is 0.869. The predicted octanol–water partition coefficient (Wildman–Crippen LogP) is 3.73. The van der Waals surface area contributed by atoms with Gasteiger partial charge in [0.15, 0.2) is 0 Å².